The van der Waals surface area contributed by atoms with Crippen LogP contribution in [0.4, 0.5) is 0 Å². The number of hydrogen-bond acceptors (Lipinski definition) is 3. The molecule has 0 amide bonds. The molecule has 20 heavy (non-hydrogen) atoms. The van der Waals surface area contributed by atoms with E-state index in [1.165, 1.54) is 7.11 Å². The van der Waals surface area contributed by atoms with E-state index >= 15 is 0 Å². The van der Waals surface area contributed by atoms with Gasteiger partial charge in [-0.25, -0.2) is 0 Å². The lowest BCUT2D eigenvalue weighted by atomic mass is 10.1. The SMILES string of the molecule is CON=C(C#Cc1ccccc1)c1ccc(OC)cc1. The molecule has 2 aromatic carbocycles. The summed E-state index contributed by atoms with van der Waals surface area (Å²) in [6.45, 7) is 0. The van der Waals surface area contributed by atoms with E-state index in [1.807, 2.05) is 54.6 Å². The van der Waals surface area contributed by atoms with Crippen molar-refractivity contribution in [2.75, 3.05) is 14.2 Å². The van der Waals surface area contributed by atoms with Crippen LogP contribution in [0.2, 0.25) is 0 Å². The van der Waals surface area contributed by atoms with Crippen molar-refractivity contribution >= 4 is 5.71 Å². The Morgan fingerprint density at radius 1 is 0.950 bits per heavy atom. The van der Waals surface area contributed by atoms with Gasteiger partial charge in [0, 0.05) is 11.1 Å². The van der Waals surface area contributed by atoms with Gasteiger partial charge >= 0.3 is 0 Å². The summed E-state index contributed by atoms with van der Waals surface area (Å²) in [5.41, 5.74) is 2.40. The summed E-state index contributed by atoms with van der Waals surface area (Å²) >= 11 is 0. The molecule has 0 N–H and O–H groups in total. The lowest BCUT2D eigenvalue weighted by Gasteiger charge is -2.01. The zero-order valence-electron chi connectivity index (χ0n) is 11.5. The van der Waals surface area contributed by atoms with Crippen molar-refractivity contribution in [2.24, 2.45) is 5.16 Å². The van der Waals surface area contributed by atoms with Gasteiger partial charge in [-0.15, -0.1) is 0 Å². The average Bonchev–Trinajstić information content (AvgIpc) is 2.52. The molecule has 0 spiro atoms. The summed E-state index contributed by atoms with van der Waals surface area (Å²) in [7, 11) is 3.14. The minimum absolute atomic E-state index is 0.582. The summed E-state index contributed by atoms with van der Waals surface area (Å²) in [6, 6.07) is 17.3. The predicted octanol–water partition coefficient (Wildman–Crippen LogP) is 3.10. The molecule has 3 nitrogen and oxygen atoms in total. The first-order valence-electron chi connectivity index (χ1n) is 6.16. The highest BCUT2D eigenvalue weighted by molar-refractivity contribution is 6.13. The highest BCUT2D eigenvalue weighted by Crippen LogP contribution is 2.12. The maximum absolute atomic E-state index is 5.13. The topological polar surface area (TPSA) is 30.8 Å². The molecule has 0 aromatic heterocycles. The van der Waals surface area contributed by atoms with E-state index in [1.54, 1.807) is 7.11 Å². The molecular formula is C17H15NO2. The summed E-state index contributed by atoms with van der Waals surface area (Å²) < 4.78 is 5.13. The van der Waals surface area contributed by atoms with Crippen LogP contribution in [0.25, 0.3) is 0 Å². The van der Waals surface area contributed by atoms with Crippen LogP contribution < -0.4 is 4.74 Å². The second kappa shape index (κ2) is 7.01. The van der Waals surface area contributed by atoms with Crippen molar-refractivity contribution in [1.29, 1.82) is 0 Å². The molecule has 0 fully saturated rings. The summed E-state index contributed by atoms with van der Waals surface area (Å²) in [5.74, 6) is 6.88. The van der Waals surface area contributed by atoms with Gasteiger partial charge < -0.3 is 9.57 Å². The fraction of sp³-hybridized carbons (Fsp3) is 0.118. The number of methoxy groups -OCH3 is 1. The van der Waals surface area contributed by atoms with E-state index in [0.717, 1.165) is 16.9 Å². The number of nitrogens with zero attached hydrogens (tertiary/aromatic N) is 1. The zero-order valence-corrected chi connectivity index (χ0v) is 11.5. The quantitative estimate of drug-likeness (QED) is 0.485. The van der Waals surface area contributed by atoms with Crippen LogP contribution in [0.1, 0.15) is 11.1 Å². The van der Waals surface area contributed by atoms with Gasteiger partial charge in [-0.1, -0.05) is 29.3 Å². The highest BCUT2D eigenvalue weighted by Gasteiger charge is 2.01. The third-order valence-electron chi connectivity index (χ3n) is 2.65. The number of ether oxygens (including phenoxy) is 1. The largest absolute Gasteiger partial charge is 0.497 e. The molecule has 0 unspecified atom stereocenters. The van der Waals surface area contributed by atoms with Crippen LogP contribution >= 0.6 is 0 Å². The number of oxime groups is 1. The molecule has 0 aliphatic rings. The molecule has 3 heteroatoms. The highest BCUT2D eigenvalue weighted by atomic mass is 16.6. The smallest absolute Gasteiger partial charge is 0.160 e. The predicted molar refractivity (Wildman–Crippen MR) is 79.9 cm³/mol. The fourth-order valence-electron chi connectivity index (χ4n) is 1.64. The Morgan fingerprint density at radius 3 is 2.25 bits per heavy atom. The van der Waals surface area contributed by atoms with Crippen LogP contribution in [-0.2, 0) is 4.84 Å². The Hall–Kier alpha value is -2.73. The first-order chi connectivity index (χ1) is 9.83. The van der Waals surface area contributed by atoms with Gasteiger partial charge in [0.25, 0.3) is 0 Å². The number of hydrogen-bond donors (Lipinski definition) is 0. The molecule has 0 heterocycles. The molecule has 0 saturated heterocycles. The fourth-order valence-corrected chi connectivity index (χ4v) is 1.64. The van der Waals surface area contributed by atoms with Gasteiger partial charge in [0.1, 0.15) is 12.9 Å². The van der Waals surface area contributed by atoms with Crippen molar-refractivity contribution < 1.29 is 9.57 Å². The van der Waals surface area contributed by atoms with Crippen molar-refractivity contribution in [2.45, 2.75) is 0 Å². The molecule has 2 aromatic rings. The summed E-state index contributed by atoms with van der Waals surface area (Å²) in [5, 5.41) is 3.97. The van der Waals surface area contributed by atoms with Gasteiger partial charge in [0.05, 0.1) is 7.11 Å². The summed E-state index contributed by atoms with van der Waals surface area (Å²) in [4.78, 5) is 4.86. The molecule has 0 aliphatic carbocycles. The van der Waals surface area contributed by atoms with Gasteiger partial charge in [-0.05, 0) is 42.3 Å². The minimum atomic E-state index is 0.582. The second-order valence-electron chi connectivity index (χ2n) is 3.97. The third-order valence-corrected chi connectivity index (χ3v) is 2.65. The Balaban J connectivity index is 2.28. The zero-order chi connectivity index (χ0) is 14.2. The normalized spacial score (nSPS) is 10.4. The van der Waals surface area contributed by atoms with Crippen LogP contribution in [-0.4, -0.2) is 19.9 Å². The molecule has 0 aliphatic heterocycles. The monoisotopic (exact) mass is 265 g/mol. The van der Waals surface area contributed by atoms with E-state index in [4.69, 9.17) is 9.57 Å². The molecule has 0 atom stereocenters. The first kappa shape index (κ1) is 13.7. The lowest BCUT2D eigenvalue weighted by molar-refractivity contribution is 0.214. The Labute approximate surface area is 118 Å². The minimum Gasteiger partial charge on any atom is -0.497 e. The van der Waals surface area contributed by atoms with E-state index in [-0.39, 0.29) is 0 Å². The first-order valence-corrected chi connectivity index (χ1v) is 6.16. The molecule has 0 radical (unpaired) electrons. The maximum atomic E-state index is 5.13. The van der Waals surface area contributed by atoms with Gasteiger partial charge in [0.2, 0.25) is 0 Å². The molecular weight excluding hydrogens is 250 g/mol. The van der Waals surface area contributed by atoms with E-state index < -0.39 is 0 Å². The Bertz CT molecular complexity index is 634. The van der Waals surface area contributed by atoms with E-state index in [9.17, 15) is 0 Å². The Kier molecular flexibility index (Phi) is 4.80. The maximum Gasteiger partial charge on any atom is 0.160 e. The van der Waals surface area contributed by atoms with E-state index in [0.29, 0.717) is 5.71 Å². The number of benzene rings is 2. The van der Waals surface area contributed by atoms with Crippen molar-refractivity contribution in [3.05, 3.63) is 65.7 Å². The molecule has 100 valence electrons. The second-order valence-corrected chi connectivity index (χ2v) is 3.97. The van der Waals surface area contributed by atoms with E-state index in [2.05, 4.69) is 17.0 Å². The standard InChI is InChI=1S/C17H15NO2/c1-19-16-11-9-15(10-12-16)17(18-20-2)13-8-14-6-4-3-5-7-14/h3-7,9-12H,1-2H3. The Morgan fingerprint density at radius 2 is 1.65 bits per heavy atom. The van der Waals surface area contributed by atoms with Crippen LogP contribution in [0.5, 0.6) is 5.75 Å². The lowest BCUT2D eigenvalue weighted by Crippen LogP contribution is -1.98. The summed E-state index contributed by atoms with van der Waals surface area (Å²) in [6.07, 6.45) is 0. The van der Waals surface area contributed by atoms with Crippen LogP contribution in [0.3, 0.4) is 0 Å². The van der Waals surface area contributed by atoms with Crippen LogP contribution in [0.15, 0.2) is 59.8 Å². The van der Waals surface area contributed by atoms with Crippen LogP contribution in [0, 0.1) is 11.8 Å². The van der Waals surface area contributed by atoms with Gasteiger partial charge in [-0.3, -0.25) is 0 Å². The van der Waals surface area contributed by atoms with Crippen molar-refractivity contribution in [3.8, 4) is 17.6 Å². The third kappa shape index (κ3) is 3.63. The van der Waals surface area contributed by atoms with Gasteiger partial charge in [-0.2, -0.15) is 0 Å². The van der Waals surface area contributed by atoms with Crippen molar-refractivity contribution in [1.82, 2.24) is 0 Å². The number of rotatable bonds is 3. The molecule has 2 rings (SSSR count). The van der Waals surface area contributed by atoms with Crippen molar-refractivity contribution in [3.63, 3.8) is 0 Å². The molecule has 0 saturated carbocycles. The molecule has 0 bridgehead atoms. The van der Waals surface area contributed by atoms with Gasteiger partial charge in [0.15, 0.2) is 5.71 Å². The average molecular weight is 265 g/mol.